The first-order chi connectivity index (χ1) is 13.3. The second-order valence-corrected chi connectivity index (χ2v) is 7.99. The molecule has 0 aliphatic carbocycles. The number of carbonyl (C=O) groups excluding carboxylic acids is 1. The third-order valence-corrected chi connectivity index (χ3v) is 4.94. The normalized spacial score (nSPS) is 17.1. The Morgan fingerprint density at radius 3 is 2.79 bits per heavy atom. The Bertz CT molecular complexity index is 901. The maximum atomic E-state index is 11.9. The summed E-state index contributed by atoms with van der Waals surface area (Å²) in [5.74, 6) is 0.418. The van der Waals surface area contributed by atoms with Gasteiger partial charge in [-0.2, -0.15) is 0 Å². The van der Waals surface area contributed by atoms with Crippen LogP contribution < -0.4 is 15.4 Å². The Balaban J connectivity index is 1.71. The zero-order valence-electron chi connectivity index (χ0n) is 16.0. The number of hydrogen-bond donors (Lipinski definition) is 2. The zero-order chi connectivity index (χ0) is 20.3. The largest absolute Gasteiger partial charge is 0.487 e. The van der Waals surface area contributed by atoms with Crippen LogP contribution in [-0.4, -0.2) is 23.3 Å². The third-order valence-electron chi connectivity index (χ3n) is 4.40. The van der Waals surface area contributed by atoms with Gasteiger partial charge in [-0.3, -0.25) is 0 Å². The molecule has 3 rings (SSSR count). The first-order valence-corrected chi connectivity index (χ1v) is 9.90. The van der Waals surface area contributed by atoms with E-state index in [1.807, 2.05) is 24.3 Å². The molecule has 1 aliphatic rings. The number of rotatable bonds is 4. The number of hydrogen-bond acceptors (Lipinski definition) is 4. The minimum Gasteiger partial charge on any atom is -0.487 e. The molecule has 0 unspecified atom stereocenters. The number of fused-ring (bicyclic) bond motifs is 1. The predicted molar refractivity (Wildman–Crippen MR) is 115 cm³/mol. The number of para-hydroxylation sites is 1. The van der Waals surface area contributed by atoms with Crippen LogP contribution in [0, 0.1) is 0 Å². The molecule has 0 spiro atoms. The molecule has 148 valence electrons. The van der Waals surface area contributed by atoms with Crippen molar-refractivity contribution in [2.45, 2.75) is 38.8 Å². The van der Waals surface area contributed by atoms with Crippen molar-refractivity contribution in [3.05, 3.63) is 58.6 Å². The first kappa shape index (κ1) is 20.4. The fraction of sp³-hybridized carbons (Fsp3) is 0.333. The highest BCUT2D eigenvalue weighted by molar-refractivity contribution is 7.80. The number of ether oxygens (including phenoxy) is 2. The van der Waals surface area contributed by atoms with Gasteiger partial charge in [0.1, 0.15) is 11.4 Å². The fourth-order valence-corrected chi connectivity index (χ4v) is 3.74. The van der Waals surface area contributed by atoms with Crippen molar-refractivity contribution in [1.82, 2.24) is 5.32 Å². The molecule has 5 nitrogen and oxygen atoms in total. The van der Waals surface area contributed by atoms with Gasteiger partial charge in [0.05, 0.1) is 23.2 Å². The molecule has 28 heavy (non-hydrogen) atoms. The Morgan fingerprint density at radius 1 is 1.32 bits per heavy atom. The van der Waals surface area contributed by atoms with Crippen molar-refractivity contribution < 1.29 is 14.3 Å². The number of carbonyl (C=O) groups is 1. The molecule has 1 atom stereocenters. The lowest BCUT2D eigenvalue weighted by atomic mass is 9.90. The highest BCUT2D eigenvalue weighted by Gasteiger charge is 2.33. The highest BCUT2D eigenvalue weighted by atomic mass is 35.5. The molecule has 1 aliphatic heterocycles. The minimum atomic E-state index is -0.444. The number of nitrogens with one attached hydrogen (secondary N) is 2. The van der Waals surface area contributed by atoms with Crippen molar-refractivity contribution in [2.75, 3.05) is 11.9 Å². The van der Waals surface area contributed by atoms with Gasteiger partial charge >= 0.3 is 5.97 Å². The summed E-state index contributed by atoms with van der Waals surface area (Å²) in [6.07, 6.45) is 0.772. The molecule has 7 heteroatoms. The van der Waals surface area contributed by atoms with Crippen LogP contribution in [-0.2, 0) is 4.74 Å². The average molecular weight is 419 g/mol. The van der Waals surface area contributed by atoms with E-state index in [9.17, 15) is 4.79 Å². The van der Waals surface area contributed by atoms with Crippen LogP contribution in [0.4, 0.5) is 5.69 Å². The smallest absolute Gasteiger partial charge is 0.339 e. The Labute approximate surface area is 175 Å². The topological polar surface area (TPSA) is 59.6 Å². The van der Waals surface area contributed by atoms with Gasteiger partial charge < -0.3 is 20.1 Å². The quantitative estimate of drug-likeness (QED) is 0.531. The van der Waals surface area contributed by atoms with Crippen LogP contribution in [0.2, 0.25) is 5.02 Å². The highest BCUT2D eigenvalue weighted by Crippen LogP contribution is 2.39. The first-order valence-electron chi connectivity index (χ1n) is 9.11. The van der Waals surface area contributed by atoms with E-state index in [0.717, 1.165) is 17.7 Å². The maximum absolute atomic E-state index is 11.9. The molecule has 2 aromatic carbocycles. The van der Waals surface area contributed by atoms with E-state index < -0.39 is 5.97 Å². The van der Waals surface area contributed by atoms with Crippen LogP contribution in [0.25, 0.3) is 0 Å². The molecule has 0 saturated heterocycles. The lowest BCUT2D eigenvalue weighted by Gasteiger charge is -2.38. The van der Waals surface area contributed by atoms with Crippen molar-refractivity contribution >= 4 is 40.6 Å². The van der Waals surface area contributed by atoms with Crippen LogP contribution in [0.15, 0.2) is 42.5 Å². The van der Waals surface area contributed by atoms with Gasteiger partial charge in [0, 0.05) is 17.7 Å². The zero-order valence-corrected chi connectivity index (χ0v) is 17.6. The summed E-state index contributed by atoms with van der Waals surface area (Å²) in [5, 5.41) is 7.27. The maximum Gasteiger partial charge on any atom is 0.339 e. The Morgan fingerprint density at radius 2 is 2.07 bits per heavy atom. The predicted octanol–water partition coefficient (Wildman–Crippen LogP) is 5.11. The van der Waals surface area contributed by atoms with E-state index in [-0.39, 0.29) is 11.6 Å². The van der Waals surface area contributed by atoms with E-state index in [2.05, 4.69) is 24.5 Å². The standard InChI is InChI=1S/C21H23ClN2O3S/c1-4-26-19(25)14-10-9-13(11-16(14)22)23-20(28)24-17-12-21(2,3)27-18-8-6-5-7-15(17)18/h5-11,17H,4,12H2,1-3H3,(H2,23,24,28)/t17-/m0/s1. The van der Waals surface area contributed by atoms with Crippen molar-refractivity contribution in [1.29, 1.82) is 0 Å². The molecule has 0 saturated carbocycles. The summed E-state index contributed by atoms with van der Waals surface area (Å²) in [6.45, 7) is 6.16. The Hall–Kier alpha value is -2.31. The number of anilines is 1. The van der Waals surface area contributed by atoms with E-state index in [4.69, 9.17) is 33.3 Å². The number of esters is 1. The average Bonchev–Trinajstić information content (AvgIpc) is 2.61. The molecule has 2 aromatic rings. The van der Waals surface area contributed by atoms with E-state index >= 15 is 0 Å². The minimum absolute atomic E-state index is 0.0224. The summed E-state index contributed by atoms with van der Waals surface area (Å²) in [5.41, 5.74) is 1.79. The van der Waals surface area contributed by atoms with Gasteiger partial charge in [-0.15, -0.1) is 0 Å². The molecule has 0 radical (unpaired) electrons. The van der Waals surface area contributed by atoms with Crippen LogP contribution in [0.3, 0.4) is 0 Å². The van der Waals surface area contributed by atoms with Gasteiger partial charge in [0.2, 0.25) is 0 Å². The lowest BCUT2D eigenvalue weighted by molar-refractivity contribution is 0.0526. The molecule has 0 bridgehead atoms. The lowest BCUT2D eigenvalue weighted by Crippen LogP contribution is -2.42. The molecule has 0 aromatic heterocycles. The van der Waals surface area contributed by atoms with Gasteiger partial charge in [-0.1, -0.05) is 29.8 Å². The summed E-state index contributed by atoms with van der Waals surface area (Å²) in [6, 6.07) is 13.0. The summed E-state index contributed by atoms with van der Waals surface area (Å²) >= 11 is 11.7. The summed E-state index contributed by atoms with van der Waals surface area (Å²) < 4.78 is 11.0. The van der Waals surface area contributed by atoms with Crippen molar-refractivity contribution in [3.63, 3.8) is 0 Å². The van der Waals surface area contributed by atoms with Gasteiger partial charge in [-0.05, 0) is 57.3 Å². The number of thiocarbonyl (C=S) groups is 1. The molecular formula is C21H23ClN2O3S. The van der Waals surface area contributed by atoms with E-state index in [0.29, 0.717) is 28.0 Å². The fourth-order valence-electron chi connectivity index (χ4n) is 3.22. The molecule has 1 heterocycles. The van der Waals surface area contributed by atoms with Crippen LogP contribution in [0.5, 0.6) is 5.75 Å². The number of benzene rings is 2. The van der Waals surface area contributed by atoms with Crippen molar-refractivity contribution in [3.8, 4) is 5.75 Å². The second kappa shape index (κ2) is 8.37. The molecule has 0 fully saturated rings. The van der Waals surface area contributed by atoms with E-state index in [1.54, 1.807) is 25.1 Å². The molecular weight excluding hydrogens is 396 g/mol. The monoisotopic (exact) mass is 418 g/mol. The Kier molecular flexibility index (Phi) is 6.10. The van der Waals surface area contributed by atoms with Gasteiger partial charge in [-0.25, -0.2) is 4.79 Å². The second-order valence-electron chi connectivity index (χ2n) is 7.17. The SMILES string of the molecule is CCOC(=O)c1ccc(NC(=S)N[C@H]2CC(C)(C)Oc3ccccc32)cc1Cl. The van der Waals surface area contributed by atoms with Crippen LogP contribution >= 0.6 is 23.8 Å². The van der Waals surface area contributed by atoms with Crippen molar-refractivity contribution in [2.24, 2.45) is 0 Å². The third kappa shape index (κ3) is 4.75. The molecule has 2 N–H and O–H groups in total. The summed E-state index contributed by atoms with van der Waals surface area (Å²) in [7, 11) is 0. The van der Waals surface area contributed by atoms with Gasteiger partial charge in [0.15, 0.2) is 5.11 Å². The summed E-state index contributed by atoms with van der Waals surface area (Å²) in [4.78, 5) is 11.9. The van der Waals surface area contributed by atoms with Crippen LogP contribution in [0.1, 0.15) is 49.2 Å². The van der Waals surface area contributed by atoms with E-state index in [1.165, 1.54) is 0 Å². The van der Waals surface area contributed by atoms with Gasteiger partial charge in [0.25, 0.3) is 0 Å². The molecule has 0 amide bonds. The number of halogens is 1.